The molecule has 0 fully saturated rings. The molecule has 0 bridgehead atoms. The van der Waals surface area contributed by atoms with Crippen molar-refractivity contribution in [3.63, 3.8) is 0 Å². The third-order valence-corrected chi connectivity index (χ3v) is 6.04. The lowest BCUT2D eigenvalue weighted by Crippen LogP contribution is -3.04. The smallest absolute Gasteiger partial charge is 0.113 e. The van der Waals surface area contributed by atoms with Gasteiger partial charge in [0.05, 0.1) is 7.05 Å². The van der Waals surface area contributed by atoms with Crippen LogP contribution in [-0.4, -0.2) is 7.05 Å². The molecule has 0 aliphatic rings. The summed E-state index contributed by atoms with van der Waals surface area (Å²) in [6, 6.07) is 10.4. The Labute approximate surface area is 175 Å². The van der Waals surface area contributed by atoms with Crippen LogP contribution in [0.1, 0.15) is 128 Å². The number of unbranched alkanes of at least 4 members (excludes halogenated alkanes) is 15. The Kier molecular flexibility index (Phi) is 16.4. The largest absolute Gasteiger partial charge is 0.634 e. The van der Waals surface area contributed by atoms with Crippen LogP contribution in [0.25, 0.3) is 0 Å². The molecule has 0 saturated heterocycles. The van der Waals surface area contributed by atoms with Gasteiger partial charge in [0.15, 0.2) is 0 Å². The Bertz CT molecular complexity index is 431. The Balaban J connectivity index is 1.87. The fourth-order valence-corrected chi connectivity index (χ4v) is 4.19. The molecule has 1 rings (SSSR count). The van der Waals surface area contributed by atoms with Gasteiger partial charge < -0.3 is 10.3 Å². The van der Waals surface area contributed by atoms with E-state index in [9.17, 15) is 5.21 Å². The summed E-state index contributed by atoms with van der Waals surface area (Å²) in [5.74, 6) is 0. The summed E-state index contributed by atoms with van der Waals surface area (Å²) >= 11 is 0. The molecule has 2 unspecified atom stereocenters. The molecular formula is C26H47NO. The van der Waals surface area contributed by atoms with Crippen LogP contribution < -0.4 is 5.06 Å². The van der Waals surface area contributed by atoms with Gasteiger partial charge in [-0.3, -0.25) is 0 Å². The molecule has 0 amide bonds. The maximum absolute atomic E-state index is 11.9. The summed E-state index contributed by atoms with van der Waals surface area (Å²) in [4.78, 5) is 0. The van der Waals surface area contributed by atoms with Crippen LogP contribution in [0.15, 0.2) is 30.3 Å². The van der Waals surface area contributed by atoms with Gasteiger partial charge in [-0.05, 0) is 6.42 Å². The molecule has 162 valence electrons. The van der Waals surface area contributed by atoms with Crippen molar-refractivity contribution in [2.45, 2.75) is 122 Å². The van der Waals surface area contributed by atoms with E-state index < -0.39 is 0 Å². The lowest BCUT2D eigenvalue weighted by molar-refractivity contribution is -0.861. The number of quaternary nitrogens is 1. The van der Waals surface area contributed by atoms with Gasteiger partial charge >= 0.3 is 0 Å². The number of benzene rings is 1. The molecule has 0 aromatic heterocycles. The molecule has 0 spiro atoms. The minimum Gasteiger partial charge on any atom is -0.634 e. The van der Waals surface area contributed by atoms with Crippen molar-refractivity contribution < 1.29 is 5.06 Å². The first-order valence-electron chi connectivity index (χ1n) is 12.3. The molecule has 0 radical (unpaired) electrons. The Morgan fingerprint density at radius 3 is 1.43 bits per heavy atom. The van der Waals surface area contributed by atoms with E-state index >= 15 is 0 Å². The third-order valence-electron chi connectivity index (χ3n) is 6.04. The van der Waals surface area contributed by atoms with Gasteiger partial charge in [-0.15, -0.1) is 0 Å². The molecule has 0 aliphatic carbocycles. The average Bonchev–Trinajstić information content (AvgIpc) is 2.70. The van der Waals surface area contributed by atoms with Crippen LogP contribution in [0, 0.1) is 5.21 Å². The first-order valence-corrected chi connectivity index (χ1v) is 12.3. The van der Waals surface area contributed by atoms with E-state index in [0.29, 0.717) is 5.06 Å². The van der Waals surface area contributed by atoms with Crippen molar-refractivity contribution in [3.8, 4) is 0 Å². The fourth-order valence-electron chi connectivity index (χ4n) is 4.19. The van der Waals surface area contributed by atoms with Crippen molar-refractivity contribution in [3.05, 3.63) is 41.1 Å². The molecule has 1 N–H and O–H groups in total. The maximum atomic E-state index is 11.9. The summed E-state index contributed by atoms with van der Waals surface area (Å²) in [5, 5.41) is 12.2. The summed E-state index contributed by atoms with van der Waals surface area (Å²) in [6.07, 6.45) is 23.3. The minimum atomic E-state index is 0.104. The van der Waals surface area contributed by atoms with E-state index in [1.807, 2.05) is 18.2 Å². The summed E-state index contributed by atoms with van der Waals surface area (Å²) < 4.78 is 0. The second-order valence-corrected chi connectivity index (χ2v) is 8.67. The van der Waals surface area contributed by atoms with Crippen LogP contribution in [0.3, 0.4) is 0 Å². The monoisotopic (exact) mass is 389 g/mol. The summed E-state index contributed by atoms with van der Waals surface area (Å²) in [6.45, 7) is 2.29. The van der Waals surface area contributed by atoms with E-state index in [4.69, 9.17) is 0 Å². The van der Waals surface area contributed by atoms with Crippen LogP contribution in [0.4, 0.5) is 0 Å². The van der Waals surface area contributed by atoms with Crippen molar-refractivity contribution in [2.24, 2.45) is 0 Å². The zero-order valence-corrected chi connectivity index (χ0v) is 18.9. The lowest BCUT2D eigenvalue weighted by atomic mass is 9.99. The normalized spacial score (nSPS) is 13.5. The van der Waals surface area contributed by atoms with Crippen LogP contribution >= 0.6 is 0 Å². The van der Waals surface area contributed by atoms with E-state index in [1.165, 1.54) is 108 Å². The van der Waals surface area contributed by atoms with Gasteiger partial charge in [0.1, 0.15) is 6.04 Å². The van der Waals surface area contributed by atoms with E-state index in [1.54, 1.807) is 7.05 Å². The molecular weight excluding hydrogens is 342 g/mol. The van der Waals surface area contributed by atoms with Crippen LogP contribution in [0.5, 0.6) is 0 Å². The number of hydrogen-bond acceptors (Lipinski definition) is 1. The van der Waals surface area contributed by atoms with Gasteiger partial charge in [-0.1, -0.05) is 134 Å². The first kappa shape index (κ1) is 25.2. The molecule has 2 heteroatoms. The Hall–Kier alpha value is -0.860. The van der Waals surface area contributed by atoms with E-state index in [-0.39, 0.29) is 6.04 Å². The number of hydroxylamine groups is 2. The Morgan fingerprint density at radius 2 is 1.04 bits per heavy atom. The number of rotatable bonds is 19. The molecule has 1 aromatic carbocycles. The van der Waals surface area contributed by atoms with E-state index in [2.05, 4.69) is 19.1 Å². The van der Waals surface area contributed by atoms with Gasteiger partial charge in [0.2, 0.25) is 0 Å². The lowest BCUT2D eigenvalue weighted by Gasteiger charge is -2.28. The van der Waals surface area contributed by atoms with Gasteiger partial charge in [0.25, 0.3) is 0 Å². The highest BCUT2D eigenvalue weighted by atomic mass is 16.5. The topological polar surface area (TPSA) is 27.5 Å². The predicted octanol–water partition coefficient (Wildman–Crippen LogP) is 7.39. The van der Waals surface area contributed by atoms with Crippen molar-refractivity contribution in [2.75, 3.05) is 7.05 Å². The van der Waals surface area contributed by atoms with E-state index in [0.717, 1.165) is 6.42 Å². The second-order valence-electron chi connectivity index (χ2n) is 8.67. The summed E-state index contributed by atoms with van der Waals surface area (Å²) in [5.41, 5.74) is 1.19. The predicted molar refractivity (Wildman–Crippen MR) is 124 cm³/mol. The molecule has 0 aliphatic heterocycles. The fraction of sp³-hybridized carbons (Fsp3) is 0.769. The summed E-state index contributed by atoms with van der Waals surface area (Å²) in [7, 11) is 1.74. The highest BCUT2D eigenvalue weighted by Crippen LogP contribution is 2.18. The van der Waals surface area contributed by atoms with Gasteiger partial charge in [-0.2, -0.15) is 0 Å². The highest BCUT2D eigenvalue weighted by molar-refractivity contribution is 5.17. The average molecular weight is 390 g/mol. The standard InChI is InChI=1S/C26H47NO/c1-3-4-5-6-7-8-9-10-11-12-13-14-15-16-17-21-24-26(27(2)28)25-22-19-18-20-23-25/h18-20,22-23,26-27H,3-17,21,24H2,1-2H3. The molecule has 0 saturated carbocycles. The van der Waals surface area contributed by atoms with Crippen molar-refractivity contribution in [1.82, 2.24) is 0 Å². The molecule has 0 heterocycles. The highest BCUT2D eigenvalue weighted by Gasteiger charge is 2.14. The molecule has 2 nitrogen and oxygen atoms in total. The molecule has 28 heavy (non-hydrogen) atoms. The number of nitrogens with one attached hydrogen (secondary N) is 1. The third kappa shape index (κ3) is 13.3. The second kappa shape index (κ2) is 18.2. The Morgan fingerprint density at radius 1 is 0.643 bits per heavy atom. The van der Waals surface area contributed by atoms with Crippen molar-refractivity contribution in [1.29, 1.82) is 0 Å². The zero-order chi connectivity index (χ0) is 20.3. The van der Waals surface area contributed by atoms with Crippen LogP contribution in [-0.2, 0) is 0 Å². The van der Waals surface area contributed by atoms with Crippen molar-refractivity contribution >= 4 is 0 Å². The SMILES string of the molecule is CCCCCCCCCCCCCCCCCCC(c1ccccc1)[NH+](C)[O-]. The van der Waals surface area contributed by atoms with Gasteiger partial charge in [0, 0.05) is 12.0 Å². The maximum Gasteiger partial charge on any atom is 0.113 e. The first-order chi connectivity index (χ1) is 13.8. The minimum absolute atomic E-state index is 0.104. The zero-order valence-electron chi connectivity index (χ0n) is 18.9. The van der Waals surface area contributed by atoms with Gasteiger partial charge in [-0.25, -0.2) is 0 Å². The molecule has 2 atom stereocenters. The molecule has 1 aromatic rings. The van der Waals surface area contributed by atoms with Crippen LogP contribution in [0.2, 0.25) is 0 Å². The quantitative estimate of drug-likeness (QED) is 0.194. The number of hydrogen-bond donors (Lipinski definition) is 1.